The van der Waals surface area contributed by atoms with E-state index in [1.54, 1.807) is 0 Å². The van der Waals surface area contributed by atoms with Gasteiger partial charge in [-0.05, 0) is 244 Å². The average Bonchev–Trinajstić information content (AvgIpc) is 1.67. The Kier molecular flexibility index (Phi) is 15.0. The highest BCUT2D eigenvalue weighted by Gasteiger charge is 2.46. The van der Waals surface area contributed by atoms with Crippen molar-refractivity contribution in [3.63, 3.8) is 0 Å². The molecule has 14 aromatic carbocycles. The molecule has 109 heavy (non-hydrogen) atoms. The molecule has 2 aromatic heterocycles. The average molecular weight is 1410 g/mol. The number of benzene rings is 14. The van der Waals surface area contributed by atoms with E-state index in [9.17, 15) is 0 Å². The van der Waals surface area contributed by atoms with Gasteiger partial charge in [0.05, 0.1) is 27.8 Å². The fourth-order valence-corrected chi connectivity index (χ4v) is 19.6. The SMILES string of the molecule is CC(C)(C)c1ccccc1-c1ccc2c(c1)B1c3ccc(-n4c5ccc(-c6ccccc6)cc5c5cc(-c6ccccc6)ccc54)cc3N(c3ccc(-c4ccc5c(c4)C(C)(C)CCC5(C)C)cc3)c3cc(-n4c5ccccc5c5ccccc54)cc(c31)N2c1ccc(-c2ccc3c(c2)C(C)(C)CCC3(C)C)cc1. The number of para-hydroxylation sites is 2. The number of hydrogen-bond acceptors (Lipinski definition) is 2. The minimum atomic E-state index is -0.199. The van der Waals surface area contributed by atoms with Crippen LogP contribution in [0.15, 0.2) is 303 Å². The van der Waals surface area contributed by atoms with Crippen molar-refractivity contribution in [1.29, 1.82) is 0 Å². The van der Waals surface area contributed by atoms with Crippen LogP contribution < -0.4 is 26.2 Å². The number of hydrogen-bond donors (Lipinski definition) is 0. The first-order chi connectivity index (χ1) is 52.6. The topological polar surface area (TPSA) is 16.3 Å². The molecule has 0 N–H and O–H groups in total. The summed E-state index contributed by atoms with van der Waals surface area (Å²) in [5.41, 5.74) is 37.1. The molecule has 0 saturated heterocycles. The first kappa shape index (κ1) is 66.8. The molecule has 0 spiro atoms. The van der Waals surface area contributed by atoms with E-state index in [0.717, 1.165) is 57.3 Å². The van der Waals surface area contributed by atoms with E-state index in [4.69, 9.17) is 0 Å². The quantitative estimate of drug-likeness (QED) is 0.134. The molecule has 4 heterocycles. The Bertz CT molecular complexity index is 6240. The molecule has 530 valence electrons. The summed E-state index contributed by atoms with van der Waals surface area (Å²) in [5, 5.41) is 4.89. The van der Waals surface area contributed by atoms with Crippen LogP contribution >= 0.6 is 0 Å². The van der Waals surface area contributed by atoms with Crippen LogP contribution in [0.2, 0.25) is 0 Å². The van der Waals surface area contributed by atoms with Crippen LogP contribution in [-0.4, -0.2) is 15.8 Å². The van der Waals surface area contributed by atoms with Gasteiger partial charge in [0.2, 0.25) is 0 Å². The summed E-state index contributed by atoms with van der Waals surface area (Å²) in [6, 6.07) is 117. The van der Waals surface area contributed by atoms with E-state index >= 15 is 0 Å². The molecule has 0 atom stereocenters. The zero-order chi connectivity index (χ0) is 74.2. The maximum absolute atomic E-state index is 2.65. The highest BCUT2D eigenvalue weighted by Crippen LogP contribution is 2.53. The van der Waals surface area contributed by atoms with Crippen molar-refractivity contribution in [3.8, 4) is 67.0 Å². The lowest BCUT2D eigenvalue weighted by atomic mass is 9.33. The van der Waals surface area contributed by atoms with Gasteiger partial charge >= 0.3 is 0 Å². The first-order valence-corrected chi connectivity index (χ1v) is 39.5. The van der Waals surface area contributed by atoms with Crippen molar-refractivity contribution in [2.24, 2.45) is 0 Å². The molecule has 4 nitrogen and oxygen atoms in total. The van der Waals surface area contributed by atoms with Gasteiger partial charge in [-0.15, -0.1) is 0 Å². The number of nitrogens with zero attached hydrogens (tertiary/aromatic N) is 4. The number of fused-ring (bicyclic) bond motifs is 12. The lowest BCUT2D eigenvalue weighted by Crippen LogP contribution is -2.61. The zero-order valence-electron chi connectivity index (χ0n) is 64.6. The van der Waals surface area contributed by atoms with Crippen LogP contribution in [0.25, 0.3) is 111 Å². The predicted molar refractivity (Wildman–Crippen MR) is 466 cm³/mol. The Morgan fingerprint density at radius 3 is 1.17 bits per heavy atom. The smallest absolute Gasteiger partial charge is 0.252 e. The zero-order valence-corrected chi connectivity index (χ0v) is 64.6. The molecular weight excluding hydrogens is 1320 g/mol. The van der Waals surface area contributed by atoms with Gasteiger partial charge in [-0.2, -0.15) is 0 Å². The van der Waals surface area contributed by atoms with Gasteiger partial charge in [-0.3, -0.25) is 0 Å². The van der Waals surface area contributed by atoms with Gasteiger partial charge in [0, 0.05) is 61.4 Å². The Balaban J connectivity index is 0.867. The lowest BCUT2D eigenvalue weighted by molar-refractivity contribution is 0.332. The summed E-state index contributed by atoms with van der Waals surface area (Å²) < 4.78 is 5.08. The van der Waals surface area contributed by atoms with E-state index in [1.807, 2.05) is 0 Å². The Hall–Kier alpha value is -11.7. The summed E-state index contributed by atoms with van der Waals surface area (Å²) in [5.74, 6) is 0. The molecule has 0 fully saturated rings. The summed E-state index contributed by atoms with van der Waals surface area (Å²) in [6.45, 7) is 26.3. The normalized spacial score (nSPS) is 15.8. The lowest BCUT2D eigenvalue weighted by Gasteiger charge is -2.45. The molecule has 2 aliphatic heterocycles. The van der Waals surface area contributed by atoms with Crippen molar-refractivity contribution in [1.82, 2.24) is 9.13 Å². The Morgan fingerprint density at radius 2 is 0.651 bits per heavy atom. The highest BCUT2D eigenvalue weighted by atomic mass is 15.2. The maximum atomic E-state index is 2.65. The van der Waals surface area contributed by atoms with Gasteiger partial charge in [0.25, 0.3) is 6.71 Å². The third kappa shape index (κ3) is 10.7. The van der Waals surface area contributed by atoms with Crippen molar-refractivity contribution in [2.75, 3.05) is 9.80 Å². The number of aromatic nitrogens is 2. The van der Waals surface area contributed by atoms with Gasteiger partial charge < -0.3 is 18.9 Å². The minimum Gasteiger partial charge on any atom is -0.311 e. The van der Waals surface area contributed by atoms with Crippen molar-refractivity contribution in [3.05, 3.63) is 331 Å². The highest BCUT2D eigenvalue weighted by molar-refractivity contribution is 7.00. The molecule has 0 amide bonds. The van der Waals surface area contributed by atoms with Crippen molar-refractivity contribution >= 4 is 101 Å². The second-order valence-electron chi connectivity index (χ2n) is 35.4. The fraction of sp³-hybridized carbons (Fsp3) is 0.192. The first-order valence-electron chi connectivity index (χ1n) is 39.5. The molecular formula is C104H91BN4. The van der Waals surface area contributed by atoms with E-state index in [0.29, 0.717) is 0 Å². The summed E-state index contributed by atoms with van der Waals surface area (Å²) in [6.07, 6.45) is 4.69. The minimum absolute atomic E-state index is 0.0690. The van der Waals surface area contributed by atoms with Crippen LogP contribution in [0.3, 0.4) is 0 Å². The number of rotatable bonds is 9. The molecule has 16 aromatic rings. The Morgan fingerprint density at radius 1 is 0.266 bits per heavy atom. The largest absolute Gasteiger partial charge is 0.311 e. The third-order valence-electron chi connectivity index (χ3n) is 25.8. The molecule has 2 aliphatic carbocycles. The van der Waals surface area contributed by atoms with Crippen LogP contribution in [0.5, 0.6) is 0 Å². The molecule has 20 rings (SSSR count). The number of anilines is 6. The van der Waals surface area contributed by atoms with E-state index in [-0.39, 0.29) is 33.8 Å². The summed E-state index contributed by atoms with van der Waals surface area (Å²) >= 11 is 0. The van der Waals surface area contributed by atoms with Crippen LogP contribution in [0.1, 0.15) is 130 Å². The summed E-state index contributed by atoms with van der Waals surface area (Å²) in [4.78, 5) is 5.27. The molecule has 5 heteroatoms. The summed E-state index contributed by atoms with van der Waals surface area (Å²) in [7, 11) is 0. The monoisotopic (exact) mass is 1410 g/mol. The van der Waals surface area contributed by atoms with E-state index in [2.05, 4.69) is 398 Å². The predicted octanol–water partition coefficient (Wildman–Crippen LogP) is 26.3. The van der Waals surface area contributed by atoms with E-state index in [1.165, 1.54) is 157 Å². The molecule has 4 aliphatic rings. The van der Waals surface area contributed by atoms with Crippen LogP contribution in [0, 0.1) is 0 Å². The standard InChI is InChI=1S/C104H91BN4/c1-100(2,3)84-31-21-18-28-79(84)74-42-53-95-90(62-74)105-89-50-47-77(108-93-51-40-70(66-24-14-12-15-25-66)58-82(93)83-59-71(41-52-94(83)108)67-26-16-13-17-27-67)63-96(89)107(76-45-36-69(37-46-76)73-39-49-86-88(61-73)104(10,11)57-55-102(86,6)7)98-65-78(109-91-32-22-19-29-80(91)81-30-20-23-33-92(81)109)64-97(99(98)105)106(95)75-43-34-68(35-44-75)72-38-48-85-87(60-72)103(8,9)56-54-101(85,4)5/h12-53,58-65H,54-57H2,1-11H3. The molecule has 0 saturated carbocycles. The maximum Gasteiger partial charge on any atom is 0.252 e. The molecule has 0 bridgehead atoms. The second-order valence-corrected chi connectivity index (χ2v) is 35.4. The third-order valence-corrected chi connectivity index (χ3v) is 25.8. The Labute approximate surface area is 642 Å². The van der Waals surface area contributed by atoms with Gasteiger partial charge in [0.1, 0.15) is 0 Å². The second kappa shape index (κ2) is 24.4. The van der Waals surface area contributed by atoms with Crippen molar-refractivity contribution in [2.45, 2.75) is 129 Å². The van der Waals surface area contributed by atoms with Gasteiger partial charge in [-0.25, -0.2) is 0 Å². The van der Waals surface area contributed by atoms with Crippen LogP contribution in [0.4, 0.5) is 34.1 Å². The fourth-order valence-electron chi connectivity index (χ4n) is 19.6. The van der Waals surface area contributed by atoms with Gasteiger partial charge in [0.15, 0.2) is 0 Å². The molecule has 0 unspecified atom stereocenters. The van der Waals surface area contributed by atoms with E-state index < -0.39 is 0 Å². The van der Waals surface area contributed by atoms with Gasteiger partial charge in [-0.1, -0.05) is 288 Å². The van der Waals surface area contributed by atoms with Crippen LogP contribution in [-0.2, 0) is 27.1 Å². The van der Waals surface area contributed by atoms with Crippen molar-refractivity contribution < 1.29 is 0 Å². The molecule has 0 radical (unpaired) electrons.